The van der Waals surface area contributed by atoms with Crippen molar-refractivity contribution >= 4 is 57.7 Å². The second-order valence-electron chi connectivity index (χ2n) is 4.05. The third-order valence-corrected chi connectivity index (χ3v) is 6.71. The molecular weight excluding hydrogens is 294 g/mol. The summed E-state index contributed by atoms with van der Waals surface area (Å²) in [6, 6.07) is 1.99. The van der Waals surface area contributed by atoms with Crippen LogP contribution < -0.4 is 0 Å². The Labute approximate surface area is 108 Å². The molecular formula is C8H18Cl4Si2. The van der Waals surface area contributed by atoms with Gasteiger partial charge < -0.3 is 0 Å². The van der Waals surface area contributed by atoms with E-state index in [1.165, 1.54) is 12.8 Å². The summed E-state index contributed by atoms with van der Waals surface area (Å²) < 4.78 is 0. The topological polar surface area (TPSA) is 0 Å². The second kappa shape index (κ2) is 7.02. The van der Waals surface area contributed by atoms with Gasteiger partial charge in [0.2, 0.25) is 13.4 Å². The Kier molecular flexibility index (Phi) is 7.82. The molecule has 0 amide bonds. The third kappa shape index (κ3) is 13.6. The van der Waals surface area contributed by atoms with Gasteiger partial charge in [0, 0.05) is 0 Å². The second-order valence-corrected chi connectivity index (χ2v) is 20.5. The summed E-state index contributed by atoms with van der Waals surface area (Å²) in [7, 11) is 0. The van der Waals surface area contributed by atoms with E-state index in [9.17, 15) is 0 Å². The first-order valence-corrected chi connectivity index (χ1v) is 14.4. The molecule has 14 heavy (non-hydrogen) atoms. The van der Waals surface area contributed by atoms with Crippen molar-refractivity contribution < 1.29 is 0 Å². The molecule has 0 spiro atoms. The van der Waals surface area contributed by atoms with Crippen LogP contribution in [0.5, 0.6) is 0 Å². The van der Waals surface area contributed by atoms with Gasteiger partial charge in [0.15, 0.2) is 0 Å². The van der Waals surface area contributed by atoms with Crippen LogP contribution in [0.15, 0.2) is 0 Å². The zero-order valence-corrected chi connectivity index (χ0v) is 13.8. The largest absolute Gasteiger partial charge is 0.248 e. The standard InChI is InChI=1S/C8H18Cl4Si2/c1-13(9,10)7-5-3-4-6-8-14(2,11)12/h3-8H2,1-2H3. The SMILES string of the molecule is C[Si](Cl)(Cl)CCCCCC[Si](C)(Cl)Cl. The molecule has 0 aliphatic carbocycles. The highest BCUT2D eigenvalue weighted by Crippen LogP contribution is 2.25. The van der Waals surface area contributed by atoms with Crippen molar-refractivity contribution in [3.63, 3.8) is 0 Å². The van der Waals surface area contributed by atoms with E-state index >= 15 is 0 Å². The van der Waals surface area contributed by atoms with Crippen LogP contribution in [0.3, 0.4) is 0 Å². The van der Waals surface area contributed by atoms with E-state index in [1.54, 1.807) is 0 Å². The number of hydrogen-bond donors (Lipinski definition) is 0. The molecule has 0 fully saturated rings. The number of unbranched alkanes of at least 4 members (excludes halogenated alkanes) is 3. The molecule has 86 valence electrons. The van der Waals surface area contributed by atoms with Crippen molar-refractivity contribution in [2.75, 3.05) is 0 Å². The molecule has 0 atom stereocenters. The third-order valence-electron chi connectivity index (χ3n) is 1.98. The highest BCUT2D eigenvalue weighted by atomic mass is 35.7. The van der Waals surface area contributed by atoms with Gasteiger partial charge in [-0.2, -0.15) is 0 Å². The molecule has 0 radical (unpaired) electrons. The Morgan fingerprint density at radius 2 is 0.929 bits per heavy atom. The van der Waals surface area contributed by atoms with Crippen LogP contribution in [0.25, 0.3) is 0 Å². The van der Waals surface area contributed by atoms with Gasteiger partial charge in [-0.15, -0.1) is 44.3 Å². The molecule has 0 aliphatic heterocycles. The first-order valence-electron chi connectivity index (χ1n) is 4.96. The zero-order chi connectivity index (χ0) is 11.2. The van der Waals surface area contributed by atoms with E-state index in [0.717, 1.165) is 24.9 Å². The summed E-state index contributed by atoms with van der Waals surface area (Å²) in [6.45, 7) is 0.234. The predicted octanol–water partition coefficient (Wildman–Crippen LogP) is 5.65. The van der Waals surface area contributed by atoms with Crippen LogP contribution in [0.4, 0.5) is 0 Å². The van der Waals surface area contributed by atoms with E-state index in [4.69, 9.17) is 44.3 Å². The summed E-state index contributed by atoms with van der Waals surface area (Å²) >= 11 is 24.0. The zero-order valence-electron chi connectivity index (χ0n) is 8.75. The Morgan fingerprint density at radius 3 is 1.14 bits per heavy atom. The number of hydrogen-bond acceptors (Lipinski definition) is 0. The minimum Gasteiger partial charge on any atom is -0.146 e. The maximum Gasteiger partial charge on any atom is 0.248 e. The molecule has 6 heteroatoms. The van der Waals surface area contributed by atoms with E-state index in [0.29, 0.717) is 0 Å². The van der Waals surface area contributed by atoms with E-state index < -0.39 is 13.4 Å². The van der Waals surface area contributed by atoms with E-state index in [2.05, 4.69) is 0 Å². The van der Waals surface area contributed by atoms with Crippen LogP contribution >= 0.6 is 44.3 Å². The van der Waals surface area contributed by atoms with Gasteiger partial charge >= 0.3 is 0 Å². The Morgan fingerprint density at radius 1 is 0.643 bits per heavy atom. The van der Waals surface area contributed by atoms with E-state index in [-0.39, 0.29) is 0 Å². The molecule has 0 N–H and O–H groups in total. The van der Waals surface area contributed by atoms with Crippen LogP contribution in [0.1, 0.15) is 25.7 Å². The smallest absolute Gasteiger partial charge is 0.146 e. The molecule has 0 nitrogen and oxygen atoms in total. The quantitative estimate of drug-likeness (QED) is 0.324. The summed E-state index contributed by atoms with van der Waals surface area (Å²) in [5, 5.41) is 0. The molecule has 0 heterocycles. The summed E-state index contributed by atoms with van der Waals surface area (Å²) in [4.78, 5) is 0. The average Bonchev–Trinajstić information content (AvgIpc) is 1.92. The number of halogens is 4. The molecule has 0 aromatic carbocycles. The van der Waals surface area contributed by atoms with Gasteiger partial charge in [-0.25, -0.2) is 0 Å². The lowest BCUT2D eigenvalue weighted by Crippen LogP contribution is -2.12. The predicted molar refractivity (Wildman–Crippen MR) is 74.7 cm³/mol. The minimum atomic E-state index is -1.85. The van der Waals surface area contributed by atoms with Crippen LogP contribution in [-0.4, -0.2) is 13.4 Å². The maximum absolute atomic E-state index is 5.99. The monoisotopic (exact) mass is 310 g/mol. The lowest BCUT2D eigenvalue weighted by atomic mass is 10.2. The number of rotatable bonds is 7. The summed E-state index contributed by atoms with van der Waals surface area (Å²) in [5.41, 5.74) is 0. The van der Waals surface area contributed by atoms with Gasteiger partial charge in [-0.3, -0.25) is 0 Å². The van der Waals surface area contributed by atoms with Crippen LogP contribution in [0, 0.1) is 0 Å². The Bertz CT molecular complexity index is 132. The molecule has 0 bridgehead atoms. The van der Waals surface area contributed by atoms with Gasteiger partial charge in [0.05, 0.1) is 0 Å². The first-order chi connectivity index (χ1) is 6.21. The fourth-order valence-corrected chi connectivity index (χ4v) is 4.57. The molecule has 0 saturated carbocycles. The highest BCUT2D eigenvalue weighted by molar-refractivity contribution is 7.45. The van der Waals surface area contributed by atoms with Gasteiger partial charge in [0.1, 0.15) is 0 Å². The summed E-state index contributed by atoms with van der Waals surface area (Å²) in [5.74, 6) is 0. The summed E-state index contributed by atoms with van der Waals surface area (Å²) in [6.07, 6.45) is 4.66. The maximum atomic E-state index is 5.99. The van der Waals surface area contributed by atoms with Crippen LogP contribution in [0.2, 0.25) is 25.2 Å². The van der Waals surface area contributed by atoms with Crippen molar-refractivity contribution in [3.8, 4) is 0 Å². The highest BCUT2D eigenvalue weighted by Gasteiger charge is 2.21. The Hall–Kier alpha value is 1.59. The van der Waals surface area contributed by atoms with Crippen LogP contribution in [-0.2, 0) is 0 Å². The van der Waals surface area contributed by atoms with Gasteiger partial charge in [-0.1, -0.05) is 25.7 Å². The van der Waals surface area contributed by atoms with Crippen molar-refractivity contribution in [2.45, 2.75) is 50.9 Å². The normalized spacial score (nSPS) is 13.3. The lowest BCUT2D eigenvalue weighted by Gasteiger charge is -2.11. The fraction of sp³-hybridized carbons (Fsp3) is 1.00. The van der Waals surface area contributed by atoms with Crippen molar-refractivity contribution in [1.82, 2.24) is 0 Å². The molecule has 0 aliphatic rings. The van der Waals surface area contributed by atoms with Crippen molar-refractivity contribution in [1.29, 1.82) is 0 Å². The first kappa shape index (κ1) is 15.6. The molecule has 0 aromatic rings. The lowest BCUT2D eigenvalue weighted by molar-refractivity contribution is 0.696. The van der Waals surface area contributed by atoms with E-state index in [1.807, 2.05) is 13.1 Å². The van der Waals surface area contributed by atoms with Crippen molar-refractivity contribution in [2.24, 2.45) is 0 Å². The molecule has 0 aromatic heterocycles. The van der Waals surface area contributed by atoms with Crippen molar-refractivity contribution in [3.05, 3.63) is 0 Å². The average molecular weight is 312 g/mol. The molecule has 0 unspecified atom stereocenters. The minimum absolute atomic E-state index is 0.993. The van der Waals surface area contributed by atoms with Gasteiger partial charge in [0.25, 0.3) is 0 Å². The van der Waals surface area contributed by atoms with Gasteiger partial charge in [-0.05, 0) is 25.2 Å². The fourth-order valence-electron chi connectivity index (χ4n) is 1.22. The molecule has 0 saturated heterocycles. The molecule has 0 rings (SSSR count). The Balaban J connectivity index is 3.23.